The van der Waals surface area contributed by atoms with E-state index in [-0.39, 0.29) is 38.9 Å². The molecule has 0 aliphatic rings. The van der Waals surface area contributed by atoms with Gasteiger partial charge in [0, 0.05) is 0 Å². The fourth-order valence-corrected chi connectivity index (χ4v) is 0. The first-order chi connectivity index (χ1) is 2.56. The molecule has 0 heterocycles. The molecule has 0 spiro atoms. The topological polar surface area (TPSA) is 66.8 Å². The van der Waals surface area contributed by atoms with Gasteiger partial charge in [-0.1, -0.05) is 0 Å². The van der Waals surface area contributed by atoms with Crippen LogP contribution in [-0.4, -0.2) is 22.7 Å². The van der Waals surface area contributed by atoms with Crippen LogP contribution in [0.2, 0.25) is 0 Å². The quantitative estimate of drug-likeness (QED) is 0.565. The summed E-state index contributed by atoms with van der Waals surface area (Å²) >= 11 is -4.33. The van der Waals surface area contributed by atoms with Gasteiger partial charge in [0.05, 0.1) is 0 Å². The van der Waals surface area contributed by atoms with Crippen molar-refractivity contribution >= 4 is 14.5 Å². The Balaban J connectivity index is 3.48. The third kappa shape index (κ3) is 5.58. The van der Waals surface area contributed by atoms with Gasteiger partial charge in [-0.15, -0.1) is 0 Å². The molecule has 2 N–H and O–H groups in total. The molecule has 0 saturated carbocycles. The fourth-order valence-electron chi connectivity index (χ4n) is 0. The zero-order valence-electron chi connectivity index (χ0n) is 2.61. The summed E-state index contributed by atoms with van der Waals surface area (Å²) in [6.45, 7) is 0. The van der Waals surface area contributed by atoms with Crippen LogP contribution in [0, 0.1) is 38.9 Å². The van der Waals surface area contributed by atoms with Crippen molar-refractivity contribution < 1.29 is 51.0 Å². The summed E-state index contributed by atoms with van der Waals surface area (Å²) < 4.78 is 28.9. The van der Waals surface area contributed by atoms with Crippen LogP contribution in [-0.2, 0) is 3.85 Å². The molecule has 0 aliphatic carbocycles. The van der Waals surface area contributed by atoms with Gasteiger partial charge >= 0.3 is 65.5 Å². The molecule has 0 saturated heterocycles. The van der Waals surface area contributed by atoms with Crippen LogP contribution < -0.4 is 0 Å². The van der Waals surface area contributed by atoms with E-state index in [0.29, 0.717) is 0 Å². The van der Waals surface area contributed by atoms with Crippen LogP contribution >= 0.6 is 0 Å². The Kier molecular flexibility index (Phi) is 3.51. The van der Waals surface area contributed by atoms with Crippen molar-refractivity contribution in [3.63, 3.8) is 0 Å². The van der Waals surface area contributed by atoms with E-state index in [2.05, 4.69) is 0.109 Å². The molecule has 0 unspecified atom stereocenters. The van der Waals surface area contributed by atoms with E-state index in [9.17, 15) is 3.74 Å². The average Bonchev–Trinajstić information content (AvgIpc) is 1.35. The van der Waals surface area contributed by atoms with Crippen molar-refractivity contribution in [2.24, 2.45) is 0 Å². The average molecular weight is 286 g/mol. The van der Waals surface area contributed by atoms with Crippen molar-refractivity contribution in [1.82, 2.24) is 0 Å². The molecule has 0 radical (unpaired) electrons. The zero-order chi connectivity index (χ0) is 5.21. The van der Waals surface area contributed by atoms with Gasteiger partial charge < -0.3 is 0 Å². The number of hydrogen-bond donors (Lipinski definition) is 2. The minimum atomic E-state index is -4.61. The Morgan fingerprint density at radius 1 is 1.67 bits per heavy atom. The van der Waals surface area contributed by atoms with E-state index in [1.807, 2.05) is 0 Å². The molecule has 0 bridgehead atoms. The van der Waals surface area contributed by atoms with Crippen molar-refractivity contribution in [3.05, 3.63) is 0 Å². The third-order valence-electron chi connectivity index (χ3n) is 0.106. The molecule has 0 aliphatic heterocycles. The van der Waals surface area contributed by atoms with E-state index in [1.54, 1.807) is 0 Å². The number of hydrogen-bond acceptors (Lipinski definition) is 2. The molecule has 0 aromatic heterocycles. The maximum atomic E-state index is 9.56. The van der Waals surface area contributed by atoms with Crippen LogP contribution in [0.25, 0.3) is 0 Å². The van der Waals surface area contributed by atoms with E-state index < -0.39 is 14.5 Å². The fraction of sp³-hybridized carbons (Fsp3) is 0. The summed E-state index contributed by atoms with van der Waals surface area (Å²) in [5.41, 5.74) is 0. The first kappa shape index (κ1) is 7.58. The van der Waals surface area contributed by atoms with Crippen molar-refractivity contribution in [3.8, 4) is 0 Å². The molecular formula is H2AsO4Pm. The standard InChI is InChI=1S/AsH3O4.Pm/c2-1(3,4)5;/h(H3,2,3,4,5);/q;+1/p-1. The van der Waals surface area contributed by atoms with Gasteiger partial charge in [-0.3, -0.25) is 0 Å². The Labute approximate surface area is 64.6 Å². The summed E-state index contributed by atoms with van der Waals surface area (Å²) in [7, 11) is 0. The summed E-state index contributed by atoms with van der Waals surface area (Å²) in [5.74, 6) is 0. The predicted octanol–water partition coefficient (Wildman–Crippen LogP) is -1.68. The first-order valence-corrected chi connectivity index (χ1v) is 5.33. The molecule has 6 heavy (non-hydrogen) atoms. The maximum absolute atomic E-state index is 9.56. The molecule has 36 valence electrons. The molecule has 0 rings (SSSR count). The SMILES string of the molecule is O=[As](O)(O)[O][Pm]. The second-order valence-corrected chi connectivity index (χ2v) is 5.70. The molecule has 0 fully saturated rings. The first-order valence-electron chi connectivity index (χ1n) is 0.948. The van der Waals surface area contributed by atoms with Crippen LogP contribution in [0.4, 0.5) is 0 Å². The summed E-state index contributed by atoms with van der Waals surface area (Å²) in [6.07, 6.45) is 0. The van der Waals surface area contributed by atoms with Gasteiger partial charge in [0.25, 0.3) is 0 Å². The molecule has 4 nitrogen and oxygen atoms in total. The normalized spacial score (nSPS) is 11.7. The van der Waals surface area contributed by atoms with Crippen LogP contribution in [0.15, 0.2) is 0 Å². The molecular weight excluding hydrogens is 284 g/mol. The Bertz CT molecular complexity index is 71.6. The van der Waals surface area contributed by atoms with Crippen molar-refractivity contribution in [1.29, 1.82) is 0 Å². The van der Waals surface area contributed by atoms with Gasteiger partial charge in [0.2, 0.25) is 0 Å². The van der Waals surface area contributed by atoms with E-state index in [1.165, 1.54) is 0 Å². The molecule has 0 atom stereocenters. The van der Waals surface area contributed by atoms with Gasteiger partial charge in [-0.2, -0.15) is 0 Å². The summed E-state index contributed by atoms with van der Waals surface area (Å²) in [5, 5.41) is 0. The third-order valence-corrected chi connectivity index (χ3v) is 4.10. The zero-order valence-corrected chi connectivity index (χ0v) is 7.35. The molecule has 0 amide bonds. The summed E-state index contributed by atoms with van der Waals surface area (Å²) in [4.78, 5) is 0. The van der Waals surface area contributed by atoms with E-state index in [4.69, 9.17) is 8.19 Å². The van der Waals surface area contributed by atoms with E-state index in [0.717, 1.165) is 0 Å². The van der Waals surface area contributed by atoms with Crippen molar-refractivity contribution in [2.45, 2.75) is 0 Å². The van der Waals surface area contributed by atoms with E-state index >= 15 is 0 Å². The monoisotopic (exact) mass is 286 g/mol. The Morgan fingerprint density at radius 2 is 1.83 bits per heavy atom. The molecule has 0 aromatic rings. The van der Waals surface area contributed by atoms with Gasteiger partial charge in [-0.25, -0.2) is 0 Å². The molecule has 6 heteroatoms. The Hall–Kier alpha value is 1.58. The second-order valence-electron chi connectivity index (χ2n) is 0.572. The van der Waals surface area contributed by atoms with Crippen molar-refractivity contribution in [2.75, 3.05) is 0 Å². The molecule has 0 aromatic carbocycles. The Morgan fingerprint density at radius 3 is 1.83 bits per heavy atom. The van der Waals surface area contributed by atoms with Gasteiger partial charge in [0.1, 0.15) is 0 Å². The van der Waals surface area contributed by atoms with Crippen LogP contribution in [0.3, 0.4) is 0 Å². The van der Waals surface area contributed by atoms with Gasteiger partial charge in [0.15, 0.2) is 0 Å². The minimum absolute atomic E-state index is 0.284. The predicted molar refractivity (Wildman–Crippen MR) is 12.0 cm³/mol. The number of rotatable bonds is 1. The summed E-state index contributed by atoms with van der Waals surface area (Å²) in [6, 6.07) is 0. The van der Waals surface area contributed by atoms with Crippen LogP contribution in [0.1, 0.15) is 0 Å². The van der Waals surface area contributed by atoms with Gasteiger partial charge in [-0.05, 0) is 0 Å². The second kappa shape index (κ2) is 2.78. The van der Waals surface area contributed by atoms with Crippen LogP contribution in [0.5, 0.6) is 0 Å².